The first-order valence-electron chi connectivity index (χ1n) is 12.2. The Hall–Kier alpha value is -2.74. The maximum absolute atomic E-state index is 12.8. The Balaban J connectivity index is 1.21. The number of aryl methyl sites for hydroxylation is 1. The van der Waals surface area contributed by atoms with E-state index in [1.54, 1.807) is 0 Å². The molecule has 0 radical (unpaired) electrons. The minimum atomic E-state index is -0.0586. The summed E-state index contributed by atoms with van der Waals surface area (Å²) in [5, 5.41) is 7.05. The Morgan fingerprint density at radius 2 is 1.94 bits per heavy atom. The van der Waals surface area contributed by atoms with E-state index in [0.717, 1.165) is 58.2 Å². The van der Waals surface area contributed by atoms with Gasteiger partial charge in [0.1, 0.15) is 0 Å². The van der Waals surface area contributed by atoms with Crippen LogP contribution in [0.3, 0.4) is 0 Å². The molecule has 3 fully saturated rings. The fourth-order valence-corrected chi connectivity index (χ4v) is 5.39. The van der Waals surface area contributed by atoms with Crippen molar-refractivity contribution < 1.29 is 14.1 Å². The van der Waals surface area contributed by atoms with Gasteiger partial charge in [-0.1, -0.05) is 35.5 Å². The van der Waals surface area contributed by atoms with Crippen molar-refractivity contribution >= 4 is 11.8 Å². The predicted octanol–water partition coefficient (Wildman–Crippen LogP) is 2.50. The van der Waals surface area contributed by atoms with Gasteiger partial charge in [0.25, 0.3) is 0 Å². The van der Waals surface area contributed by atoms with Crippen molar-refractivity contribution in [2.75, 3.05) is 32.7 Å². The van der Waals surface area contributed by atoms with Crippen molar-refractivity contribution in [2.24, 2.45) is 11.3 Å². The number of rotatable bonds is 7. The zero-order valence-corrected chi connectivity index (χ0v) is 19.3. The molecule has 2 aromatic rings. The number of carbonyl (C=O) groups excluding carboxylic acids is 2. The van der Waals surface area contributed by atoms with E-state index in [2.05, 4.69) is 32.5 Å². The molecule has 2 amide bonds. The molecule has 1 unspecified atom stereocenters. The van der Waals surface area contributed by atoms with Crippen LogP contribution in [0.25, 0.3) is 0 Å². The molecule has 8 nitrogen and oxygen atoms in total. The van der Waals surface area contributed by atoms with Gasteiger partial charge >= 0.3 is 0 Å². The molecule has 5 rings (SSSR count). The molecular weight excluding hydrogens is 418 g/mol. The fourth-order valence-electron chi connectivity index (χ4n) is 5.39. The van der Waals surface area contributed by atoms with E-state index >= 15 is 0 Å². The SMILES string of the molecule is Cc1noc(C2CC3(CCN(C(=O)C4CC4)CC3)CN2CC(=O)NCCc2ccccc2)n1. The van der Waals surface area contributed by atoms with Crippen LogP contribution in [0.15, 0.2) is 34.9 Å². The van der Waals surface area contributed by atoms with Crippen LogP contribution in [0.1, 0.15) is 55.4 Å². The average molecular weight is 452 g/mol. The highest BCUT2D eigenvalue weighted by molar-refractivity contribution is 5.81. The standard InChI is InChI=1S/C25H33N5O3/c1-18-27-23(33-28-18)21-15-25(10-13-29(14-11-25)24(32)20-7-8-20)17-30(21)16-22(31)26-12-9-19-5-3-2-4-6-19/h2-6,20-21H,7-17H2,1H3,(H,26,31). The van der Waals surface area contributed by atoms with E-state index in [0.29, 0.717) is 30.7 Å². The Morgan fingerprint density at radius 1 is 1.18 bits per heavy atom. The molecule has 2 aliphatic heterocycles. The lowest BCUT2D eigenvalue weighted by molar-refractivity contribution is -0.134. The Morgan fingerprint density at radius 3 is 2.61 bits per heavy atom. The number of likely N-dealkylation sites (tertiary alicyclic amines) is 2. The molecule has 0 bridgehead atoms. The van der Waals surface area contributed by atoms with E-state index in [1.165, 1.54) is 5.56 Å². The molecule has 1 aromatic heterocycles. The van der Waals surface area contributed by atoms with Gasteiger partial charge in [0.05, 0.1) is 12.6 Å². The van der Waals surface area contributed by atoms with Crippen LogP contribution < -0.4 is 5.32 Å². The molecule has 1 spiro atoms. The summed E-state index contributed by atoms with van der Waals surface area (Å²) in [6, 6.07) is 10.1. The van der Waals surface area contributed by atoms with Gasteiger partial charge in [-0.05, 0) is 56.4 Å². The lowest BCUT2D eigenvalue weighted by Crippen LogP contribution is -2.45. The third kappa shape index (κ3) is 5.11. The predicted molar refractivity (Wildman–Crippen MR) is 122 cm³/mol. The summed E-state index contributed by atoms with van der Waals surface area (Å²) >= 11 is 0. The van der Waals surface area contributed by atoms with Gasteiger partial charge in [0.15, 0.2) is 5.82 Å². The quantitative estimate of drug-likeness (QED) is 0.696. The summed E-state index contributed by atoms with van der Waals surface area (Å²) in [5.74, 6) is 1.83. The van der Waals surface area contributed by atoms with Gasteiger partial charge in [-0.2, -0.15) is 4.98 Å². The third-order valence-electron chi connectivity index (χ3n) is 7.42. The number of amides is 2. The maximum Gasteiger partial charge on any atom is 0.244 e. The topological polar surface area (TPSA) is 91.6 Å². The molecule has 1 N–H and O–H groups in total. The lowest BCUT2D eigenvalue weighted by atomic mass is 9.76. The largest absolute Gasteiger partial charge is 0.355 e. The van der Waals surface area contributed by atoms with Crippen molar-refractivity contribution in [3.05, 3.63) is 47.6 Å². The summed E-state index contributed by atoms with van der Waals surface area (Å²) in [6.45, 7) is 5.18. The van der Waals surface area contributed by atoms with Crippen molar-refractivity contribution in [3.63, 3.8) is 0 Å². The summed E-state index contributed by atoms with van der Waals surface area (Å²) in [7, 11) is 0. The highest BCUT2D eigenvalue weighted by atomic mass is 16.5. The fraction of sp³-hybridized carbons (Fsp3) is 0.600. The molecule has 1 atom stereocenters. The first-order chi connectivity index (χ1) is 16.0. The Labute approximate surface area is 194 Å². The summed E-state index contributed by atoms with van der Waals surface area (Å²) in [4.78, 5) is 34.0. The van der Waals surface area contributed by atoms with Gasteiger partial charge in [-0.3, -0.25) is 14.5 Å². The average Bonchev–Trinajstić information content (AvgIpc) is 3.50. The van der Waals surface area contributed by atoms with Gasteiger partial charge in [-0.25, -0.2) is 0 Å². The second-order valence-corrected chi connectivity index (χ2v) is 9.99. The number of nitrogens with zero attached hydrogens (tertiary/aromatic N) is 4. The summed E-state index contributed by atoms with van der Waals surface area (Å²) in [5.41, 5.74) is 1.29. The molecule has 176 valence electrons. The van der Waals surface area contributed by atoms with Crippen LogP contribution in [0.4, 0.5) is 0 Å². The summed E-state index contributed by atoms with van der Waals surface area (Å²) < 4.78 is 5.53. The van der Waals surface area contributed by atoms with Gasteiger partial charge in [-0.15, -0.1) is 0 Å². The van der Waals surface area contributed by atoms with E-state index in [9.17, 15) is 9.59 Å². The maximum atomic E-state index is 12.8. The highest BCUT2D eigenvalue weighted by Gasteiger charge is 2.49. The van der Waals surface area contributed by atoms with E-state index in [4.69, 9.17) is 4.52 Å². The van der Waals surface area contributed by atoms with Crippen LogP contribution >= 0.6 is 0 Å². The Bertz CT molecular complexity index is 979. The minimum absolute atomic E-state index is 0.0190. The van der Waals surface area contributed by atoms with Crippen molar-refractivity contribution in [3.8, 4) is 0 Å². The van der Waals surface area contributed by atoms with Crippen LogP contribution in [-0.4, -0.2) is 64.5 Å². The van der Waals surface area contributed by atoms with E-state index < -0.39 is 0 Å². The lowest BCUT2D eigenvalue weighted by Gasteiger charge is -2.39. The van der Waals surface area contributed by atoms with E-state index in [-0.39, 0.29) is 23.3 Å². The normalized spacial score (nSPS) is 22.6. The molecule has 2 saturated heterocycles. The number of benzene rings is 1. The molecule has 8 heteroatoms. The molecule has 1 aliphatic carbocycles. The van der Waals surface area contributed by atoms with Crippen LogP contribution in [0.2, 0.25) is 0 Å². The monoisotopic (exact) mass is 451 g/mol. The zero-order valence-electron chi connectivity index (χ0n) is 19.3. The molecule has 1 aromatic carbocycles. The van der Waals surface area contributed by atoms with Crippen LogP contribution in [0.5, 0.6) is 0 Å². The number of carbonyl (C=O) groups is 2. The van der Waals surface area contributed by atoms with Crippen LogP contribution in [-0.2, 0) is 16.0 Å². The number of hydrogen-bond acceptors (Lipinski definition) is 6. The van der Waals surface area contributed by atoms with Crippen molar-refractivity contribution in [2.45, 2.75) is 51.5 Å². The van der Waals surface area contributed by atoms with Crippen molar-refractivity contribution in [1.29, 1.82) is 0 Å². The number of hydrogen-bond donors (Lipinski definition) is 1. The molecule has 3 aliphatic rings. The minimum Gasteiger partial charge on any atom is -0.355 e. The smallest absolute Gasteiger partial charge is 0.244 e. The third-order valence-corrected chi connectivity index (χ3v) is 7.42. The van der Waals surface area contributed by atoms with Gasteiger partial charge in [0.2, 0.25) is 17.7 Å². The number of aromatic nitrogens is 2. The van der Waals surface area contributed by atoms with Crippen molar-refractivity contribution in [1.82, 2.24) is 25.3 Å². The van der Waals surface area contributed by atoms with Gasteiger partial charge < -0.3 is 14.7 Å². The molecule has 33 heavy (non-hydrogen) atoms. The summed E-state index contributed by atoms with van der Waals surface area (Å²) in [6.07, 6.45) is 5.71. The number of piperidine rings is 1. The van der Waals surface area contributed by atoms with Gasteiger partial charge in [0, 0.05) is 32.1 Å². The molecule has 1 saturated carbocycles. The Kier molecular flexibility index (Phi) is 6.19. The first kappa shape index (κ1) is 22.1. The highest BCUT2D eigenvalue weighted by Crippen LogP contribution is 2.49. The molecule has 3 heterocycles. The second-order valence-electron chi connectivity index (χ2n) is 9.99. The number of nitrogens with one attached hydrogen (secondary N) is 1. The second kappa shape index (κ2) is 9.25. The van der Waals surface area contributed by atoms with Crippen LogP contribution in [0, 0.1) is 18.3 Å². The van der Waals surface area contributed by atoms with E-state index in [1.807, 2.05) is 30.0 Å². The zero-order chi connectivity index (χ0) is 22.8. The first-order valence-corrected chi connectivity index (χ1v) is 12.2. The molecular formula is C25H33N5O3.